The third-order valence-electron chi connectivity index (χ3n) is 18.3. The number of carboxylic acids is 1. The van der Waals surface area contributed by atoms with E-state index in [1.165, 1.54) is 7.11 Å². The number of carbonyl (C=O) groups is 10. The van der Waals surface area contributed by atoms with Crippen LogP contribution in [-0.2, 0) is 75.2 Å². The molecule has 2 fully saturated rings. The van der Waals surface area contributed by atoms with Crippen LogP contribution < -0.4 is 16.0 Å². The maximum absolute atomic E-state index is 14.6. The Morgan fingerprint density at radius 3 is 1.88 bits per heavy atom. The molecule has 0 saturated carbocycles. The molecule has 21 heteroatoms. The number of likely N-dealkylation sites (N-methyl/N-ethyl adjacent to an activating group) is 2. The SMILES string of the molecule is CC[C@H](C)[C@@H]([C@@H](CC(=O)N1CCC[C@H]1[C@H](OC)[C@@H](C)C(=O)N[C@@H](Cc1ccccc1)C(=O)COCc1ccc(NC(=O)[C@@H](C)CC(=O)[C@H](NC(=O)CCCC(=O)N2CCC(C(=O)O)CC2)C(C)C)cc1)OC)N(C)C(=O)[C@@H](CC(=O)[C@H](C(C)C)N(C)C)C(C)C. The van der Waals surface area contributed by atoms with Crippen LogP contribution in [0.1, 0.15) is 151 Å². The molecule has 0 unspecified atom stereocenters. The van der Waals surface area contributed by atoms with E-state index in [1.807, 2.05) is 90.9 Å². The van der Waals surface area contributed by atoms with Crippen molar-refractivity contribution < 1.29 is 67.3 Å². The minimum atomic E-state index is -0.969. The maximum atomic E-state index is 14.6. The number of likely N-dealkylation sites (tertiary alicyclic amines) is 2. The Labute approximate surface area is 535 Å². The number of hydrogen-bond acceptors (Lipinski definition) is 14. The highest BCUT2D eigenvalue weighted by atomic mass is 16.5. The van der Waals surface area contributed by atoms with E-state index in [2.05, 4.69) is 16.0 Å². The predicted molar refractivity (Wildman–Crippen MR) is 345 cm³/mol. The molecule has 0 aromatic heterocycles. The van der Waals surface area contributed by atoms with Crippen LogP contribution in [0, 0.1) is 47.3 Å². The Bertz CT molecular complexity index is 2670. The maximum Gasteiger partial charge on any atom is 0.306 e. The molecule has 0 aliphatic carbocycles. The van der Waals surface area contributed by atoms with Crippen molar-refractivity contribution in [2.24, 2.45) is 47.3 Å². The number of anilines is 1. The van der Waals surface area contributed by atoms with E-state index in [-0.39, 0.29) is 129 Å². The number of ether oxygens (including phenoxy) is 3. The molecule has 2 aromatic rings. The highest BCUT2D eigenvalue weighted by Crippen LogP contribution is 2.32. The quantitative estimate of drug-likeness (QED) is 0.0510. The molecule has 2 saturated heterocycles. The van der Waals surface area contributed by atoms with Crippen molar-refractivity contribution in [3.63, 3.8) is 0 Å². The number of Topliss-reactive ketones (excluding diaryl/α,β-unsaturated/α-hetero) is 3. The van der Waals surface area contributed by atoms with Crippen LogP contribution in [0.3, 0.4) is 0 Å². The molecule has 2 aliphatic rings. The van der Waals surface area contributed by atoms with Gasteiger partial charge >= 0.3 is 5.97 Å². The third kappa shape index (κ3) is 22.5. The van der Waals surface area contributed by atoms with Gasteiger partial charge in [-0.25, -0.2) is 0 Å². The minimum Gasteiger partial charge on any atom is -0.481 e. The van der Waals surface area contributed by atoms with Gasteiger partial charge < -0.3 is 50.0 Å². The molecule has 0 radical (unpaired) electrons. The molecule has 2 aliphatic heterocycles. The van der Waals surface area contributed by atoms with Crippen LogP contribution in [0.15, 0.2) is 54.6 Å². The summed E-state index contributed by atoms with van der Waals surface area (Å²) in [7, 11) is 8.57. The minimum absolute atomic E-state index is 0.0145. The highest BCUT2D eigenvalue weighted by Gasteiger charge is 2.44. The number of piperidine rings is 1. The van der Waals surface area contributed by atoms with Gasteiger partial charge in [0, 0.05) is 84.1 Å². The molecule has 90 heavy (non-hydrogen) atoms. The molecule has 0 spiro atoms. The van der Waals surface area contributed by atoms with Crippen LogP contribution in [0.2, 0.25) is 0 Å². The molecule has 4 N–H and O–H groups in total. The van der Waals surface area contributed by atoms with Crippen molar-refractivity contribution in [3.05, 3.63) is 65.7 Å². The van der Waals surface area contributed by atoms with Gasteiger partial charge in [-0.1, -0.05) is 118 Å². The van der Waals surface area contributed by atoms with Gasteiger partial charge in [-0.15, -0.1) is 0 Å². The number of nitrogens with zero attached hydrogens (tertiary/aromatic N) is 4. The van der Waals surface area contributed by atoms with E-state index in [4.69, 9.17) is 14.2 Å². The molecule has 2 aromatic carbocycles. The lowest BCUT2D eigenvalue weighted by Gasteiger charge is -2.41. The fourth-order valence-corrected chi connectivity index (χ4v) is 12.8. The lowest BCUT2D eigenvalue weighted by atomic mass is 9.83. The molecule has 502 valence electrons. The number of rotatable bonds is 38. The monoisotopic (exact) mass is 1260 g/mol. The van der Waals surface area contributed by atoms with Gasteiger partial charge in [0.25, 0.3) is 0 Å². The number of carbonyl (C=O) groups excluding carboxylic acids is 9. The van der Waals surface area contributed by atoms with Gasteiger partial charge in [-0.05, 0) is 99.6 Å². The third-order valence-corrected chi connectivity index (χ3v) is 18.3. The van der Waals surface area contributed by atoms with Gasteiger partial charge in [0.15, 0.2) is 17.3 Å². The largest absolute Gasteiger partial charge is 0.481 e. The highest BCUT2D eigenvalue weighted by molar-refractivity contribution is 5.97. The van der Waals surface area contributed by atoms with Gasteiger partial charge in [0.2, 0.25) is 35.4 Å². The zero-order valence-corrected chi connectivity index (χ0v) is 56.4. The second kappa shape index (κ2) is 37.2. The summed E-state index contributed by atoms with van der Waals surface area (Å²) in [5.41, 5.74) is 2.00. The number of amides is 6. The fraction of sp³-hybridized carbons (Fsp3) is 0.681. The van der Waals surface area contributed by atoms with Crippen molar-refractivity contribution in [2.45, 2.75) is 195 Å². The van der Waals surface area contributed by atoms with E-state index in [0.717, 1.165) is 5.56 Å². The summed E-state index contributed by atoms with van der Waals surface area (Å²) in [5, 5.41) is 17.9. The van der Waals surface area contributed by atoms with Gasteiger partial charge in [0.1, 0.15) is 6.61 Å². The summed E-state index contributed by atoms with van der Waals surface area (Å²) in [4.78, 5) is 142. The molecule has 21 nitrogen and oxygen atoms in total. The van der Waals surface area contributed by atoms with Crippen LogP contribution in [-0.4, -0.2) is 187 Å². The Balaban J connectivity index is 1.34. The fourth-order valence-electron chi connectivity index (χ4n) is 12.8. The van der Waals surface area contributed by atoms with Crippen LogP contribution >= 0.6 is 0 Å². The van der Waals surface area contributed by atoms with Crippen molar-refractivity contribution in [1.82, 2.24) is 30.2 Å². The van der Waals surface area contributed by atoms with E-state index < -0.39 is 77.8 Å². The first kappa shape index (κ1) is 76.0. The van der Waals surface area contributed by atoms with Crippen molar-refractivity contribution >= 4 is 64.4 Å². The van der Waals surface area contributed by atoms with Gasteiger partial charge in [0.05, 0.1) is 67.3 Å². The van der Waals surface area contributed by atoms with Crippen molar-refractivity contribution in [3.8, 4) is 0 Å². The standard InChI is InChI=1S/C69H107N7O14/c1-16-45(8)64(74(13)68(85)52(42(2)3)38-56(78)63(44(6)7)73(11)12)58(88-14)39-61(82)76-33-21-24-54(76)65(89-15)47(10)67(84)71-53(37-48-22-18-17-19-23-48)57(79)41-90-40-49-27-29-51(30-28-49)70-66(83)46(9)36-55(77)62(43(4)5)72-59(80)25-20-26-60(81)75-34-31-50(32-35-75)69(86)87/h17-19,22-23,27-30,42-47,50,52-54,58,62-65H,16,20-21,24-26,31-41H2,1-15H3,(H,70,83)(H,71,84)(H,72,80)(H,86,87)/t45-,46-,47+,52-,53-,54-,58+,62+,63-,64-,65+/m0/s1. The molecule has 0 bridgehead atoms. The lowest BCUT2D eigenvalue weighted by Crippen LogP contribution is -2.55. The smallest absolute Gasteiger partial charge is 0.306 e. The molecule has 11 atom stereocenters. The Hall–Kier alpha value is -6.42. The van der Waals surface area contributed by atoms with Gasteiger partial charge in [-0.3, -0.25) is 52.8 Å². The number of nitrogens with one attached hydrogen (secondary N) is 3. The second-order valence-electron chi connectivity index (χ2n) is 26.4. The van der Waals surface area contributed by atoms with Crippen LogP contribution in [0.25, 0.3) is 0 Å². The van der Waals surface area contributed by atoms with Crippen molar-refractivity contribution in [2.75, 3.05) is 66.9 Å². The van der Waals surface area contributed by atoms with Gasteiger partial charge in [-0.2, -0.15) is 0 Å². The summed E-state index contributed by atoms with van der Waals surface area (Å²) in [6.45, 7) is 19.8. The number of aliphatic carboxylic acids is 1. The van der Waals surface area contributed by atoms with Crippen LogP contribution in [0.5, 0.6) is 0 Å². The first-order chi connectivity index (χ1) is 42.5. The number of benzene rings is 2. The van der Waals surface area contributed by atoms with E-state index >= 15 is 0 Å². The van der Waals surface area contributed by atoms with E-state index in [1.54, 1.807) is 80.8 Å². The molecular weight excluding hydrogens is 1150 g/mol. The normalized spacial score (nSPS) is 18.0. The average Bonchev–Trinajstić information content (AvgIpc) is 1.79. The Morgan fingerprint density at radius 2 is 1.32 bits per heavy atom. The topological polar surface area (TPSA) is 268 Å². The van der Waals surface area contributed by atoms with E-state index in [0.29, 0.717) is 63.0 Å². The summed E-state index contributed by atoms with van der Waals surface area (Å²) in [6.07, 6.45) is 1.91. The molecule has 2 heterocycles. The second-order valence-corrected chi connectivity index (χ2v) is 26.4. The molecule has 4 rings (SSSR count). The first-order valence-electron chi connectivity index (χ1n) is 32.5. The zero-order valence-electron chi connectivity index (χ0n) is 56.4. The summed E-state index contributed by atoms with van der Waals surface area (Å²) in [5.74, 6) is -6.13. The predicted octanol–water partition coefficient (Wildman–Crippen LogP) is 7.41. The summed E-state index contributed by atoms with van der Waals surface area (Å²) >= 11 is 0. The Kier molecular flexibility index (Phi) is 31.4. The van der Waals surface area contributed by atoms with Crippen molar-refractivity contribution in [1.29, 1.82) is 0 Å². The molecular formula is C69H107N7O14. The summed E-state index contributed by atoms with van der Waals surface area (Å²) in [6, 6.07) is 13.1. The van der Waals surface area contributed by atoms with Crippen LogP contribution in [0.4, 0.5) is 5.69 Å². The van der Waals surface area contributed by atoms with E-state index in [9.17, 15) is 53.1 Å². The molecule has 6 amide bonds. The number of methoxy groups -OCH3 is 2. The number of carboxylic acid groups (broad SMARTS) is 1. The number of ketones is 3. The average molecular weight is 1260 g/mol. The number of hydrogen-bond donors (Lipinski definition) is 4. The lowest BCUT2D eigenvalue weighted by molar-refractivity contribution is -0.149. The first-order valence-corrected chi connectivity index (χ1v) is 32.5. The summed E-state index contributed by atoms with van der Waals surface area (Å²) < 4.78 is 18.1. The Morgan fingerprint density at radius 1 is 0.678 bits per heavy atom. The zero-order chi connectivity index (χ0) is 67.1.